The summed E-state index contributed by atoms with van der Waals surface area (Å²) in [6.07, 6.45) is 0. The first-order chi connectivity index (χ1) is 17.1. The Morgan fingerprint density at radius 1 is 1.08 bits per heavy atom. The van der Waals surface area contributed by atoms with Gasteiger partial charge in [-0.3, -0.25) is 19.7 Å². The number of nitro groups is 1. The second kappa shape index (κ2) is 9.60. The van der Waals surface area contributed by atoms with Gasteiger partial charge in [-0.25, -0.2) is 8.42 Å². The summed E-state index contributed by atoms with van der Waals surface area (Å²) in [5, 5.41) is 26.1. The highest BCUT2D eigenvalue weighted by atomic mass is 32.2. The number of nitro benzene ring substituents is 1. The largest absolute Gasteiger partial charge is 0.480 e. The number of hydrogen-bond donors (Lipinski definition) is 3. The van der Waals surface area contributed by atoms with Crippen molar-refractivity contribution in [2.24, 2.45) is 0 Å². The summed E-state index contributed by atoms with van der Waals surface area (Å²) >= 11 is 0. The van der Waals surface area contributed by atoms with Crippen LogP contribution in [-0.4, -0.2) is 48.2 Å². The first-order valence-corrected chi connectivity index (χ1v) is 12.0. The number of non-ortho nitro benzene ring substituents is 1. The van der Waals surface area contributed by atoms with Gasteiger partial charge in [0.05, 0.1) is 21.1 Å². The third-order valence-corrected chi connectivity index (χ3v) is 7.28. The van der Waals surface area contributed by atoms with Crippen LogP contribution in [0.2, 0.25) is 0 Å². The molecule has 0 spiro atoms. The Morgan fingerprint density at radius 2 is 1.75 bits per heavy atom. The molecule has 3 aromatic carbocycles. The second-order valence-electron chi connectivity index (χ2n) is 7.86. The molecule has 36 heavy (non-hydrogen) atoms. The number of rotatable bonds is 8. The molecular formula is C24H20N4O7S. The Bertz CT molecular complexity index is 1500. The lowest BCUT2D eigenvalue weighted by Gasteiger charge is -2.17. The van der Waals surface area contributed by atoms with Gasteiger partial charge in [0.1, 0.15) is 6.54 Å². The van der Waals surface area contributed by atoms with E-state index in [-0.39, 0.29) is 16.2 Å². The molecule has 0 bridgehead atoms. The van der Waals surface area contributed by atoms with Gasteiger partial charge in [-0.05, 0) is 35.9 Å². The van der Waals surface area contributed by atoms with E-state index in [4.69, 9.17) is 5.11 Å². The molecule has 11 nitrogen and oxygen atoms in total. The summed E-state index contributed by atoms with van der Waals surface area (Å²) in [5.41, 5.74) is 2.24. The number of anilines is 2. The van der Waals surface area contributed by atoms with Gasteiger partial charge in [-0.15, -0.1) is 0 Å². The van der Waals surface area contributed by atoms with Gasteiger partial charge in [0.15, 0.2) is 0 Å². The maximum absolute atomic E-state index is 13.0. The number of likely N-dealkylation sites (N-methyl/N-ethyl adjacent to an activating group) is 1. The zero-order valence-electron chi connectivity index (χ0n) is 18.8. The molecule has 0 atom stereocenters. The molecule has 0 aliphatic carbocycles. The minimum Gasteiger partial charge on any atom is -0.480 e. The minimum absolute atomic E-state index is 0.106. The van der Waals surface area contributed by atoms with Crippen LogP contribution in [0.3, 0.4) is 0 Å². The zero-order chi connectivity index (χ0) is 26.0. The predicted molar refractivity (Wildman–Crippen MR) is 132 cm³/mol. The quantitative estimate of drug-likeness (QED) is 0.238. The fourth-order valence-corrected chi connectivity index (χ4v) is 4.83. The van der Waals surface area contributed by atoms with E-state index in [1.165, 1.54) is 49.5 Å². The maximum Gasteiger partial charge on any atom is 0.318 e. The van der Waals surface area contributed by atoms with E-state index in [0.29, 0.717) is 28.2 Å². The third-order valence-electron chi connectivity index (χ3n) is 5.46. The Labute approximate surface area is 205 Å². The van der Waals surface area contributed by atoms with E-state index in [2.05, 4.69) is 10.6 Å². The first-order valence-electron chi connectivity index (χ1n) is 10.5. The van der Waals surface area contributed by atoms with Crippen molar-refractivity contribution in [3.8, 4) is 0 Å². The van der Waals surface area contributed by atoms with E-state index < -0.39 is 33.4 Å². The summed E-state index contributed by atoms with van der Waals surface area (Å²) < 4.78 is 26.0. The van der Waals surface area contributed by atoms with Gasteiger partial charge >= 0.3 is 5.97 Å². The van der Waals surface area contributed by atoms with Gasteiger partial charge in [-0.2, -0.15) is 4.31 Å². The number of amides is 1. The van der Waals surface area contributed by atoms with Crippen molar-refractivity contribution in [2.75, 3.05) is 24.2 Å². The standard InChI is InChI=1S/C24H20N4O7S/c1-27(14-21(29)30)36(34,35)18-10-7-16(8-11-18)25-23(15-5-3-2-4-6-15)22-19-13-17(28(32)33)9-12-20(19)26-24(22)31/h2-13,25H,14H2,1H3,(H,26,31)(H,29,30)/b23-22-. The number of benzene rings is 3. The molecule has 0 unspecified atom stereocenters. The molecule has 1 heterocycles. The van der Waals surface area contributed by atoms with Gasteiger partial charge in [0, 0.05) is 36.1 Å². The molecule has 0 fully saturated rings. The molecule has 3 N–H and O–H groups in total. The highest BCUT2D eigenvalue weighted by molar-refractivity contribution is 7.89. The Hall–Kier alpha value is -4.55. The number of nitrogens with one attached hydrogen (secondary N) is 2. The monoisotopic (exact) mass is 508 g/mol. The number of carboxylic acid groups (broad SMARTS) is 1. The van der Waals surface area contributed by atoms with Crippen LogP contribution in [0.4, 0.5) is 17.1 Å². The highest BCUT2D eigenvalue weighted by Gasteiger charge is 2.30. The molecule has 1 aliphatic heterocycles. The van der Waals surface area contributed by atoms with Crippen molar-refractivity contribution >= 4 is 50.2 Å². The molecule has 4 rings (SSSR count). The number of sulfonamides is 1. The Morgan fingerprint density at radius 3 is 2.36 bits per heavy atom. The zero-order valence-corrected chi connectivity index (χ0v) is 19.7. The van der Waals surface area contributed by atoms with Gasteiger partial charge in [0.25, 0.3) is 11.6 Å². The molecule has 0 saturated heterocycles. The summed E-state index contributed by atoms with van der Waals surface area (Å²) in [6.45, 7) is -0.687. The smallest absolute Gasteiger partial charge is 0.318 e. The van der Waals surface area contributed by atoms with Crippen molar-refractivity contribution in [2.45, 2.75) is 4.90 Å². The average Bonchev–Trinajstić information content (AvgIpc) is 3.17. The van der Waals surface area contributed by atoms with Crippen LogP contribution in [0, 0.1) is 10.1 Å². The summed E-state index contributed by atoms with van der Waals surface area (Å²) in [5.74, 6) is -1.74. The second-order valence-corrected chi connectivity index (χ2v) is 9.91. The van der Waals surface area contributed by atoms with Gasteiger partial charge in [-0.1, -0.05) is 30.3 Å². The molecule has 184 valence electrons. The Balaban J connectivity index is 1.77. The van der Waals surface area contributed by atoms with E-state index in [0.717, 1.165) is 4.31 Å². The highest BCUT2D eigenvalue weighted by Crippen LogP contribution is 2.39. The third kappa shape index (κ3) is 4.80. The van der Waals surface area contributed by atoms with Crippen LogP contribution in [0.5, 0.6) is 0 Å². The lowest BCUT2D eigenvalue weighted by Crippen LogP contribution is -2.32. The van der Waals surface area contributed by atoms with E-state index in [9.17, 15) is 28.1 Å². The molecule has 0 saturated carbocycles. The molecule has 1 aliphatic rings. The number of carbonyl (C=O) groups excluding carboxylic acids is 1. The van der Waals surface area contributed by atoms with E-state index in [1.807, 2.05) is 0 Å². The summed E-state index contributed by atoms with van der Waals surface area (Å²) in [4.78, 5) is 34.5. The van der Waals surface area contributed by atoms with Crippen molar-refractivity contribution in [1.82, 2.24) is 4.31 Å². The Kier molecular flexibility index (Phi) is 6.55. The fraction of sp³-hybridized carbons (Fsp3) is 0.0833. The minimum atomic E-state index is -4.02. The number of nitrogens with zero attached hydrogens (tertiary/aromatic N) is 2. The maximum atomic E-state index is 13.0. The molecule has 1 amide bonds. The van der Waals surface area contributed by atoms with Crippen molar-refractivity contribution < 1.29 is 28.0 Å². The summed E-state index contributed by atoms with van der Waals surface area (Å²) in [6, 6.07) is 18.5. The number of carbonyl (C=O) groups is 2. The normalized spacial score (nSPS) is 14.2. The lowest BCUT2D eigenvalue weighted by atomic mass is 9.99. The molecule has 12 heteroatoms. The topological polar surface area (TPSA) is 159 Å². The fourth-order valence-electron chi connectivity index (χ4n) is 3.71. The predicted octanol–water partition coefficient (Wildman–Crippen LogP) is 3.23. The average molecular weight is 509 g/mol. The number of fused-ring (bicyclic) bond motifs is 1. The van der Waals surface area contributed by atoms with Crippen LogP contribution in [-0.2, 0) is 19.6 Å². The van der Waals surface area contributed by atoms with Crippen molar-refractivity contribution in [3.05, 3.63) is 94.0 Å². The van der Waals surface area contributed by atoms with E-state index >= 15 is 0 Å². The molecular weight excluding hydrogens is 488 g/mol. The van der Waals surface area contributed by atoms with Crippen molar-refractivity contribution in [1.29, 1.82) is 0 Å². The molecule has 0 radical (unpaired) electrons. The molecule has 3 aromatic rings. The first kappa shape index (κ1) is 24.6. The lowest BCUT2D eigenvalue weighted by molar-refractivity contribution is -0.384. The van der Waals surface area contributed by atoms with Crippen LogP contribution in [0.25, 0.3) is 11.3 Å². The van der Waals surface area contributed by atoms with Crippen LogP contribution < -0.4 is 10.6 Å². The van der Waals surface area contributed by atoms with Crippen molar-refractivity contribution in [3.63, 3.8) is 0 Å². The van der Waals surface area contributed by atoms with Crippen LogP contribution in [0.15, 0.2) is 77.7 Å². The van der Waals surface area contributed by atoms with Crippen LogP contribution >= 0.6 is 0 Å². The summed E-state index contributed by atoms with van der Waals surface area (Å²) in [7, 11) is -2.85. The SMILES string of the molecule is CN(CC(=O)O)S(=O)(=O)c1ccc(N/C(=C2\C(=O)Nc3ccc([N+](=O)[O-])cc32)c2ccccc2)cc1. The number of carboxylic acids is 1. The van der Waals surface area contributed by atoms with Gasteiger partial charge in [0.2, 0.25) is 10.0 Å². The molecule has 0 aromatic heterocycles. The number of aliphatic carboxylic acids is 1. The van der Waals surface area contributed by atoms with Crippen LogP contribution in [0.1, 0.15) is 11.1 Å². The number of hydrogen-bond acceptors (Lipinski definition) is 7. The van der Waals surface area contributed by atoms with Gasteiger partial charge < -0.3 is 15.7 Å². The van der Waals surface area contributed by atoms with E-state index in [1.54, 1.807) is 30.3 Å².